The van der Waals surface area contributed by atoms with Crippen LogP contribution in [-0.4, -0.2) is 27.4 Å². The summed E-state index contributed by atoms with van der Waals surface area (Å²) in [7, 11) is -1.00. The van der Waals surface area contributed by atoms with Gasteiger partial charge in [-0.05, 0) is 60.3 Å². The van der Waals surface area contributed by atoms with E-state index in [1.54, 1.807) is 36.5 Å². The van der Waals surface area contributed by atoms with Crippen LogP contribution in [0.3, 0.4) is 0 Å². The van der Waals surface area contributed by atoms with Gasteiger partial charge < -0.3 is 5.32 Å². The van der Waals surface area contributed by atoms with Crippen molar-refractivity contribution >= 4 is 39.0 Å². The van der Waals surface area contributed by atoms with Gasteiger partial charge in [-0.2, -0.15) is 0 Å². The average Bonchev–Trinajstić information content (AvgIpc) is 3.26. The summed E-state index contributed by atoms with van der Waals surface area (Å²) < 4.78 is 28.5. The van der Waals surface area contributed by atoms with Gasteiger partial charge in [0.05, 0.1) is 5.69 Å². The van der Waals surface area contributed by atoms with Crippen LogP contribution in [0.25, 0.3) is 22.0 Å². The van der Waals surface area contributed by atoms with Gasteiger partial charge in [-0.15, -0.1) is 0 Å². The van der Waals surface area contributed by atoms with Crippen LogP contribution in [-0.2, 0) is 11.0 Å². The van der Waals surface area contributed by atoms with Gasteiger partial charge in [-0.3, -0.25) is 14.1 Å². The molecular weight excluding hydrogens is 425 g/mol. The molecule has 2 heterocycles. The lowest BCUT2D eigenvalue weighted by molar-refractivity contribution is 0.102. The van der Waals surface area contributed by atoms with Crippen LogP contribution in [0.4, 0.5) is 15.8 Å². The molecule has 1 unspecified atom stereocenters. The van der Waals surface area contributed by atoms with Gasteiger partial charge >= 0.3 is 0 Å². The molecule has 1 aromatic heterocycles. The molecule has 160 valence electrons. The quantitative estimate of drug-likeness (QED) is 0.472. The van der Waals surface area contributed by atoms with E-state index >= 15 is 0 Å². The SMILES string of the molecule is O=C(Nc1ccc(F)c(-c2nccc3ccccc23)c1)c1ccc(N2CCCS2=O)cc1. The number of anilines is 2. The van der Waals surface area contributed by atoms with Gasteiger partial charge in [0.15, 0.2) is 0 Å². The van der Waals surface area contributed by atoms with Gasteiger partial charge in [-0.1, -0.05) is 24.3 Å². The van der Waals surface area contributed by atoms with Crippen LogP contribution in [0.15, 0.2) is 79.0 Å². The summed E-state index contributed by atoms with van der Waals surface area (Å²) in [4.78, 5) is 17.1. The number of carbonyl (C=O) groups is 1. The second-order valence-electron chi connectivity index (χ2n) is 7.56. The topological polar surface area (TPSA) is 62.3 Å². The number of fused-ring (bicyclic) bond motifs is 1. The van der Waals surface area contributed by atoms with Crippen molar-refractivity contribution in [3.63, 3.8) is 0 Å². The molecule has 5 rings (SSSR count). The van der Waals surface area contributed by atoms with Crippen molar-refractivity contribution in [1.82, 2.24) is 4.98 Å². The number of carbonyl (C=O) groups excluding carboxylic acids is 1. The molecule has 0 bridgehead atoms. The normalized spacial score (nSPS) is 15.8. The van der Waals surface area contributed by atoms with Crippen LogP contribution in [0, 0.1) is 5.82 Å². The number of pyridine rings is 1. The molecule has 5 nitrogen and oxygen atoms in total. The Balaban J connectivity index is 1.40. The van der Waals surface area contributed by atoms with Crippen LogP contribution >= 0.6 is 0 Å². The highest BCUT2D eigenvalue weighted by molar-refractivity contribution is 7.86. The molecule has 1 atom stereocenters. The third-order valence-corrected chi connectivity index (χ3v) is 7.02. The molecule has 0 radical (unpaired) electrons. The van der Waals surface area contributed by atoms with E-state index < -0.39 is 16.8 Å². The molecule has 1 N–H and O–H groups in total. The zero-order chi connectivity index (χ0) is 22.1. The van der Waals surface area contributed by atoms with Crippen molar-refractivity contribution < 1.29 is 13.4 Å². The van der Waals surface area contributed by atoms with Gasteiger partial charge in [0.2, 0.25) is 0 Å². The lowest BCUT2D eigenvalue weighted by Crippen LogP contribution is -2.19. The average molecular weight is 446 g/mol. The summed E-state index contributed by atoms with van der Waals surface area (Å²) in [6.45, 7) is 0.749. The first-order valence-corrected chi connectivity index (χ1v) is 11.6. The Morgan fingerprint density at radius 2 is 1.84 bits per heavy atom. The van der Waals surface area contributed by atoms with E-state index in [9.17, 15) is 13.4 Å². The van der Waals surface area contributed by atoms with E-state index in [0.717, 1.165) is 29.4 Å². The molecule has 1 aliphatic rings. The molecule has 1 fully saturated rings. The first kappa shape index (κ1) is 20.3. The van der Waals surface area contributed by atoms with E-state index in [1.807, 2.05) is 34.6 Å². The van der Waals surface area contributed by atoms with Gasteiger partial charge in [0, 0.05) is 46.4 Å². The molecule has 0 aliphatic carbocycles. The monoisotopic (exact) mass is 445 g/mol. The Morgan fingerprint density at radius 1 is 1.03 bits per heavy atom. The molecule has 3 aromatic carbocycles. The number of aromatic nitrogens is 1. The van der Waals surface area contributed by atoms with Gasteiger partial charge in [-0.25, -0.2) is 8.60 Å². The maximum Gasteiger partial charge on any atom is 0.255 e. The van der Waals surface area contributed by atoms with Crippen molar-refractivity contribution in [2.24, 2.45) is 0 Å². The molecular formula is C25H20FN3O2S. The minimum atomic E-state index is -1.00. The smallest absolute Gasteiger partial charge is 0.255 e. The van der Waals surface area contributed by atoms with E-state index in [4.69, 9.17) is 0 Å². The largest absolute Gasteiger partial charge is 0.322 e. The number of nitrogens with one attached hydrogen (secondary N) is 1. The molecule has 7 heteroatoms. The molecule has 32 heavy (non-hydrogen) atoms. The molecule has 1 aliphatic heterocycles. The second kappa shape index (κ2) is 8.51. The maximum absolute atomic E-state index is 14.7. The Morgan fingerprint density at radius 3 is 2.62 bits per heavy atom. The van der Waals surface area contributed by atoms with E-state index in [1.165, 1.54) is 12.1 Å². The third kappa shape index (κ3) is 3.87. The summed E-state index contributed by atoms with van der Waals surface area (Å²) in [5, 5.41) is 4.64. The number of rotatable bonds is 4. The minimum absolute atomic E-state index is 0.303. The summed E-state index contributed by atoms with van der Waals surface area (Å²) in [6, 6.07) is 21.0. The number of hydrogen-bond acceptors (Lipinski definition) is 3. The molecule has 0 saturated carbocycles. The Labute approximate surface area is 187 Å². The van der Waals surface area contributed by atoms with Crippen molar-refractivity contribution in [3.05, 3.63) is 90.4 Å². The lowest BCUT2D eigenvalue weighted by Gasteiger charge is -2.16. The maximum atomic E-state index is 14.7. The van der Waals surface area contributed by atoms with Crippen molar-refractivity contribution in [3.8, 4) is 11.3 Å². The third-order valence-electron chi connectivity index (χ3n) is 5.50. The fourth-order valence-electron chi connectivity index (χ4n) is 3.89. The first-order valence-electron chi connectivity index (χ1n) is 10.3. The summed E-state index contributed by atoms with van der Waals surface area (Å²) in [5.41, 5.74) is 2.63. The summed E-state index contributed by atoms with van der Waals surface area (Å²) in [5.74, 6) is -0.0434. The highest BCUT2D eigenvalue weighted by Gasteiger charge is 2.20. The van der Waals surface area contributed by atoms with E-state index in [0.29, 0.717) is 28.3 Å². The van der Waals surface area contributed by atoms with Crippen LogP contribution < -0.4 is 9.62 Å². The van der Waals surface area contributed by atoms with Crippen LogP contribution in [0.1, 0.15) is 16.8 Å². The van der Waals surface area contributed by atoms with Crippen molar-refractivity contribution in [1.29, 1.82) is 0 Å². The zero-order valence-corrected chi connectivity index (χ0v) is 17.9. The van der Waals surface area contributed by atoms with Gasteiger partial charge in [0.25, 0.3) is 5.91 Å². The number of amides is 1. The molecule has 1 amide bonds. The zero-order valence-electron chi connectivity index (χ0n) is 17.1. The number of benzene rings is 3. The predicted molar refractivity (Wildman–Crippen MR) is 127 cm³/mol. The fraction of sp³-hybridized carbons (Fsp3) is 0.120. The molecule has 0 spiro atoms. The van der Waals surface area contributed by atoms with E-state index in [-0.39, 0.29) is 5.91 Å². The standard InChI is InChI=1S/C25H20FN3O2S/c26-23-11-8-19(16-22(23)24-21-5-2-1-4-17(21)12-13-27-24)28-25(30)18-6-9-20(10-7-18)29-14-3-15-32(29)31/h1-2,4-13,16H,3,14-15H2,(H,28,30). The Bertz CT molecular complexity index is 1340. The lowest BCUT2D eigenvalue weighted by atomic mass is 10.0. The number of hydrogen-bond donors (Lipinski definition) is 1. The van der Waals surface area contributed by atoms with Crippen molar-refractivity contribution in [2.45, 2.75) is 6.42 Å². The minimum Gasteiger partial charge on any atom is -0.322 e. The fourth-order valence-corrected chi connectivity index (χ4v) is 5.18. The predicted octanol–water partition coefficient (Wildman–Crippen LogP) is 5.17. The van der Waals surface area contributed by atoms with Crippen LogP contribution in [0.5, 0.6) is 0 Å². The highest BCUT2D eigenvalue weighted by atomic mass is 32.2. The van der Waals surface area contributed by atoms with E-state index in [2.05, 4.69) is 10.3 Å². The highest BCUT2D eigenvalue weighted by Crippen LogP contribution is 2.30. The summed E-state index contributed by atoms with van der Waals surface area (Å²) >= 11 is 0. The first-order chi connectivity index (χ1) is 15.6. The van der Waals surface area contributed by atoms with Crippen LogP contribution in [0.2, 0.25) is 0 Å². The second-order valence-corrected chi connectivity index (χ2v) is 9.05. The van der Waals surface area contributed by atoms with Crippen molar-refractivity contribution in [2.75, 3.05) is 21.9 Å². The number of halogens is 1. The van der Waals surface area contributed by atoms with Gasteiger partial charge in [0.1, 0.15) is 16.8 Å². The summed E-state index contributed by atoms with van der Waals surface area (Å²) in [6.07, 6.45) is 2.55. The Kier molecular flexibility index (Phi) is 5.41. The molecule has 1 saturated heterocycles. The molecule has 4 aromatic rings. The Hall–Kier alpha value is -3.58. The number of nitrogens with zero attached hydrogens (tertiary/aromatic N) is 2.